The van der Waals surface area contributed by atoms with Gasteiger partial charge in [0.15, 0.2) is 0 Å². The van der Waals surface area contributed by atoms with Crippen LogP contribution in [0, 0.1) is 5.92 Å². The first-order valence-electron chi connectivity index (χ1n) is 10.3. The van der Waals surface area contributed by atoms with E-state index in [0.717, 1.165) is 30.5 Å². The van der Waals surface area contributed by atoms with Crippen molar-refractivity contribution in [3.63, 3.8) is 0 Å². The van der Waals surface area contributed by atoms with Gasteiger partial charge in [-0.1, -0.05) is 36.4 Å². The van der Waals surface area contributed by atoms with Gasteiger partial charge >= 0.3 is 6.03 Å². The molecule has 2 aromatic rings. The summed E-state index contributed by atoms with van der Waals surface area (Å²) in [5.74, 6) is 0.210. The van der Waals surface area contributed by atoms with E-state index in [2.05, 4.69) is 22.8 Å². The Labute approximate surface area is 171 Å². The number of nitrogens with one attached hydrogen (secondary N) is 2. The maximum atomic E-state index is 12.5. The number of carbonyl (C=O) groups excluding carboxylic acids is 2. The maximum absolute atomic E-state index is 12.5. The molecule has 29 heavy (non-hydrogen) atoms. The van der Waals surface area contributed by atoms with Crippen LogP contribution in [0.5, 0.6) is 0 Å². The van der Waals surface area contributed by atoms with Crippen molar-refractivity contribution in [2.75, 3.05) is 25.1 Å². The summed E-state index contributed by atoms with van der Waals surface area (Å²) in [5, 5.41) is 5.99. The van der Waals surface area contributed by atoms with Crippen molar-refractivity contribution in [2.45, 2.75) is 32.4 Å². The lowest BCUT2D eigenvalue weighted by Crippen LogP contribution is -2.35. The minimum Gasteiger partial charge on any atom is -0.381 e. The molecule has 1 fully saturated rings. The predicted octanol–water partition coefficient (Wildman–Crippen LogP) is 3.32. The van der Waals surface area contributed by atoms with Crippen LogP contribution >= 0.6 is 0 Å². The summed E-state index contributed by atoms with van der Waals surface area (Å²) in [6, 6.07) is 15.9. The highest BCUT2D eigenvalue weighted by Gasteiger charge is 2.23. The normalized spacial score (nSPS) is 16.3. The largest absolute Gasteiger partial charge is 0.381 e. The number of anilines is 1. The van der Waals surface area contributed by atoms with Crippen LogP contribution in [0.25, 0.3) is 0 Å². The molecule has 6 nitrogen and oxygen atoms in total. The van der Waals surface area contributed by atoms with E-state index in [-0.39, 0.29) is 17.9 Å². The minimum atomic E-state index is -0.0855. The molecule has 0 unspecified atom stereocenters. The van der Waals surface area contributed by atoms with Gasteiger partial charge in [-0.05, 0) is 48.1 Å². The molecule has 0 aliphatic carbocycles. The summed E-state index contributed by atoms with van der Waals surface area (Å²) in [7, 11) is 0. The van der Waals surface area contributed by atoms with Gasteiger partial charge < -0.3 is 20.3 Å². The lowest BCUT2D eigenvalue weighted by atomic mass is 9.99. The highest BCUT2D eigenvalue weighted by Crippen LogP contribution is 2.23. The number of amides is 3. The monoisotopic (exact) mass is 393 g/mol. The van der Waals surface area contributed by atoms with Crippen LogP contribution in [-0.2, 0) is 29.0 Å². The number of urea groups is 1. The van der Waals surface area contributed by atoms with Gasteiger partial charge in [0.2, 0.25) is 5.91 Å². The fourth-order valence-corrected chi connectivity index (χ4v) is 3.87. The van der Waals surface area contributed by atoms with Crippen LogP contribution in [-0.4, -0.2) is 36.6 Å². The Balaban J connectivity index is 1.22. The van der Waals surface area contributed by atoms with Crippen LogP contribution in [0.2, 0.25) is 0 Å². The molecule has 2 N–H and O–H groups in total. The second-order valence-electron chi connectivity index (χ2n) is 7.68. The number of nitrogens with zero attached hydrogens (tertiary/aromatic N) is 1. The SMILES string of the molecule is O=C(NCCc1ccc(NC(=O)N2Cc3ccccc3C2)cc1)C1CCOCC1. The standard InChI is InChI=1S/C23H27N3O3/c27-22(18-10-13-29-14-11-18)24-12-9-17-5-7-21(8-6-17)25-23(28)26-15-19-3-1-2-4-20(19)16-26/h1-8,18H,9-16H2,(H,24,27)(H,25,28). The van der Waals surface area contributed by atoms with Crippen LogP contribution in [0.3, 0.4) is 0 Å². The summed E-state index contributed by atoms with van der Waals surface area (Å²) in [6.45, 7) is 3.26. The first-order chi connectivity index (χ1) is 14.2. The first-order valence-corrected chi connectivity index (χ1v) is 10.3. The summed E-state index contributed by atoms with van der Waals surface area (Å²) in [4.78, 5) is 26.5. The summed E-state index contributed by atoms with van der Waals surface area (Å²) in [6.07, 6.45) is 2.38. The van der Waals surface area contributed by atoms with E-state index in [0.29, 0.717) is 32.8 Å². The number of ether oxygens (including phenoxy) is 1. The molecule has 6 heteroatoms. The molecule has 152 valence electrons. The summed E-state index contributed by atoms with van der Waals surface area (Å²) >= 11 is 0. The van der Waals surface area contributed by atoms with Gasteiger partial charge in [-0.25, -0.2) is 4.79 Å². The molecule has 1 saturated heterocycles. The zero-order valence-electron chi connectivity index (χ0n) is 16.5. The molecule has 0 aromatic heterocycles. The van der Waals surface area contributed by atoms with E-state index in [1.807, 2.05) is 41.3 Å². The zero-order chi connectivity index (χ0) is 20.1. The van der Waals surface area contributed by atoms with E-state index >= 15 is 0 Å². The molecule has 2 heterocycles. The number of benzene rings is 2. The quantitative estimate of drug-likeness (QED) is 0.819. The Bertz CT molecular complexity index is 835. The van der Waals surface area contributed by atoms with Gasteiger partial charge in [-0.3, -0.25) is 4.79 Å². The number of fused-ring (bicyclic) bond motifs is 1. The van der Waals surface area contributed by atoms with Crippen molar-refractivity contribution in [3.8, 4) is 0 Å². The van der Waals surface area contributed by atoms with Crippen molar-refractivity contribution in [3.05, 3.63) is 65.2 Å². The summed E-state index contributed by atoms with van der Waals surface area (Å²) < 4.78 is 5.30. The lowest BCUT2D eigenvalue weighted by Gasteiger charge is -2.21. The zero-order valence-corrected chi connectivity index (χ0v) is 16.5. The van der Waals surface area contributed by atoms with Gasteiger partial charge in [0.25, 0.3) is 0 Å². The van der Waals surface area contributed by atoms with E-state index in [1.54, 1.807) is 0 Å². The summed E-state index contributed by atoms with van der Waals surface area (Å²) in [5.41, 5.74) is 4.33. The smallest absolute Gasteiger partial charge is 0.322 e. The average Bonchev–Trinajstić information content (AvgIpc) is 3.20. The average molecular weight is 393 g/mol. The van der Waals surface area contributed by atoms with E-state index < -0.39 is 0 Å². The van der Waals surface area contributed by atoms with Crippen LogP contribution in [0.4, 0.5) is 10.5 Å². The Morgan fingerprint density at radius 3 is 2.28 bits per heavy atom. The minimum absolute atomic E-state index is 0.0815. The van der Waals surface area contributed by atoms with Crippen LogP contribution in [0.1, 0.15) is 29.5 Å². The van der Waals surface area contributed by atoms with E-state index in [1.165, 1.54) is 11.1 Å². The van der Waals surface area contributed by atoms with E-state index in [9.17, 15) is 9.59 Å². The molecular weight excluding hydrogens is 366 g/mol. The Morgan fingerprint density at radius 2 is 1.62 bits per heavy atom. The Kier molecular flexibility index (Phi) is 6.10. The van der Waals surface area contributed by atoms with Gasteiger partial charge in [0, 0.05) is 44.5 Å². The molecule has 2 aliphatic rings. The molecule has 0 atom stereocenters. The van der Waals surface area contributed by atoms with Gasteiger partial charge in [-0.2, -0.15) is 0 Å². The number of hydrogen-bond donors (Lipinski definition) is 2. The third-order valence-electron chi connectivity index (χ3n) is 5.64. The number of carbonyl (C=O) groups is 2. The van der Waals surface area contributed by atoms with Gasteiger partial charge in [0.05, 0.1) is 0 Å². The predicted molar refractivity (Wildman–Crippen MR) is 111 cm³/mol. The van der Waals surface area contributed by atoms with Crippen LogP contribution in [0.15, 0.2) is 48.5 Å². The number of hydrogen-bond acceptors (Lipinski definition) is 3. The third kappa shape index (κ3) is 4.95. The molecular formula is C23H27N3O3. The molecule has 0 saturated carbocycles. The molecule has 2 aliphatic heterocycles. The lowest BCUT2D eigenvalue weighted by molar-refractivity contribution is -0.127. The molecule has 0 spiro atoms. The molecule has 2 aromatic carbocycles. The second-order valence-corrected chi connectivity index (χ2v) is 7.68. The van der Waals surface area contributed by atoms with Crippen LogP contribution < -0.4 is 10.6 Å². The highest BCUT2D eigenvalue weighted by atomic mass is 16.5. The van der Waals surface area contributed by atoms with Crippen molar-refractivity contribution < 1.29 is 14.3 Å². The Hall–Kier alpha value is -2.86. The molecule has 4 rings (SSSR count). The van der Waals surface area contributed by atoms with Gasteiger partial charge in [-0.15, -0.1) is 0 Å². The van der Waals surface area contributed by atoms with Crippen molar-refractivity contribution >= 4 is 17.6 Å². The molecule has 0 bridgehead atoms. The topological polar surface area (TPSA) is 70.7 Å². The highest BCUT2D eigenvalue weighted by molar-refractivity contribution is 5.89. The number of rotatable bonds is 5. The van der Waals surface area contributed by atoms with Crippen molar-refractivity contribution in [2.24, 2.45) is 5.92 Å². The van der Waals surface area contributed by atoms with Crippen molar-refractivity contribution in [1.29, 1.82) is 0 Å². The first kappa shape index (κ1) is 19.5. The third-order valence-corrected chi connectivity index (χ3v) is 5.64. The van der Waals surface area contributed by atoms with Gasteiger partial charge in [0.1, 0.15) is 0 Å². The fraction of sp³-hybridized carbons (Fsp3) is 0.391. The second kappa shape index (κ2) is 9.09. The Morgan fingerprint density at radius 1 is 0.966 bits per heavy atom. The van der Waals surface area contributed by atoms with E-state index in [4.69, 9.17) is 4.74 Å². The van der Waals surface area contributed by atoms with Crippen molar-refractivity contribution in [1.82, 2.24) is 10.2 Å². The fourth-order valence-electron chi connectivity index (χ4n) is 3.87. The molecule has 0 radical (unpaired) electrons. The maximum Gasteiger partial charge on any atom is 0.322 e. The molecule has 3 amide bonds.